The third kappa shape index (κ3) is 5.04. The summed E-state index contributed by atoms with van der Waals surface area (Å²) in [5.41, 5.74) is 2.23. The van der Waals surface area contributed by atoms with Gasteiger partial charge < -0.3 is 15.2 Å². The van der Waals surface area contributed by atoms with Crippen molar-refractivity contribution in [1.29, 1.82) is 0 Å². The molecule has 0 spiro atoms. The van der Waals surface area contributed by atoms with E-state index in [1.807, 2.05) is 30.6 Å². The van der Waals surface area contributed by atoms with Crippen LogP contribution in [0.25, 0.3) is 11.0 Å². The predicted molar refractivity (Wildman–Crippen MR) is 99.3 cm³/mol. The van der Waals surface area contributed by atoms with E-state index in [2.05, 4.69) is 37.8 Å². The predicted octanol–water partition coefficient (Wildman–Crippen LogP) is 2.40. The van der Waals surface area contributed by atoms with Crippen molar-refractivity contribution in [2.45, 2.75) is 13.0 Å². The molecule has 1 aromatic heterocycles. The van der Waals surface area contributed by atoms with Gasteiger partial charge in [0.25, 0.3) is 0 Å². The van der Waals surface area contributed by atoms with Crippen LogP contribution in [0.1, 0.15) is 6.42 Å². The van der Waals surface area contributed by atoms with Gasteiger partial charge in [0.1, 0.15) is 0 Å². The normalized spacial score (nSPS) is 11.0. The van der Waals surface area contributed by atoms with Crippen molar-refractivity contribution in [2.75, 3.05) is 20.1 Å². The average Bonchev–Trinajstić information content (AvgIpc) is 2.90. The molecule has 2 rings (SSSR count). The van der Waals surface area contributed by atoms with E-state index < -0.39 is 0 Å². The summed E-state index contributed by atoms with van der Waals surface area (Å²) in [4.78, 5) is 8.52. The first-order chi connectivity index (χ1) is 9.85. The monoisotopic (exact) mass is 399 g/mol. The number of halogens is 1. The smallest absolute Gasteiger partial charge is 0.191 e. The zero-order chi connectivity index (χ0) is 14.2. The van der Waals surface area contributed by atoms with Crippen molar-refractivity contribution in [3.63, 3.8) is 0 Å². The lowest BCUT2D eigenvalue weighted by molar-refractivity contribution is 0.639. The summed E-state index contributed by atoms with van der Waals surface area (Å²) in [6, 6.07) is 8.18. The molecule has 0 saturated heterocycles. The number of fused-ring (bicyclic) bond motifs is 1. The fourth-order valence-electron chi connectivity index (χ4n) is 2.03. The molecule has 2 N–H and O–H groups in total. The first-order valence-electron chi connectivity index (χ1n) is 6.80. The van der Waals surface area contributed by atoms with Gasteiger partial charge in [-0.1, -0.05) is 18.2 Å². The first kappa shape index (κ1) is 17.5. The average molecular weight is 399 g/mol. The van der Waals surface area contributed by atoms with Crippen molar-refractivity contribution in [1.82, 2.24) is 20.2 Å². The highest BCUT2D eigenvalue weighted by Gasteiger charge is 2.01. The Bertz CT molecular complexity index is 591. The Kier molecular flexibility index (Phi) is 7.81. The van der Waals surface area contributed by atoms with Gasteiger partial charge in [0.15, 0.2) is 5.96 Å². The van der Waals surface area contributed by atoms with Crippen molar-refractivity contribution in [3.8, 4) is 0 Å². The van der Waals surface area contributed by atoms with Gasteiger partial charge in [0, 0.05) is 26.7 Å². The number of rotatable bonds is 6. The summed E-state index contributed by atoms with van der Waals surface area (Å²) in [5, 5.41) is 6.42. The molecule has 0 fully saturated rings. The third-order valence-electron chi connectivity index (χ3n) is 3.03. The summed E-state index contributed by atoms with van der Waals surface area (Å²) in [5.74, 6) is 0.806. The Morgan fingerprint density at radius 3 is 2.95 bits per heavy atom. The molecule has 1 heterocycles. The lowest BCUT2D eigenvalue weighted by Crippen LogP contribution is -2.37. The lowest BCUT2D eigenvalue weighted by atomic mass is 10.3. The van der Waals surface area contributed by atoms with Crippen molar-refractivity contribution in [2.24, 2.45) is 4.99 Å². The molecular formula is C15H22IN5. The van der Waals surface area contributed by atoms with Crippen LogP contribution in [-0.2, 0) is 6.54 Å². The minimum absolute atomic E-state index is 0. The zero-order valence-corrected chi connectivity index (χ0v) is 14.6. The highest BCUT2D eigenvalue weighted by Crippen LogP contribution is 2.11. The molecule has 1 aromatic carbocycles. The number of guanidine groups is 1. The molecule has 5 nitrogen and oxygen atoms in total. The highest BCUT2D eigenvalue weighted by atomic mass is 127. The van der Waals surface area contributed by atoms with E-state index in [1.54, 1.807) is 7.05 Å². The SMILES string of the molecule is C=CCNC(=NC)NCCCn1cnc2ccccc21.I. The van der Waals surface area contributed by atoms with Gasteiger partial charge in [-0.05, 0) is 18.6 Å². The minimum atomic E-state index is 0. The summed E-state index contributed by atoms with van der Waals surface area (Å²) in [7, 11) is 1.77. The maximum atomic E-state index is 4.38. The second kappa shape index (κ2) is 9.38. The number of aliphatic imine (C=N–C) groups is 1. The van der Waals surface area contributed by atoms with E-state index >= 15 is 0 Å². The van der Waals surface area contributed by atoms with Crippen molar-refractivity contribution >= 4 is 41.0 Å². The van der Waals surface area contributed by atoms with Gasteiger partial charge >= 0.3 is 0 Å². The number of benzene rings is 1. The van der Waals surface area contributed by atoms with Crippen LogP contribution in [0.5, 0.6) is 0 Å². The Hall–Kier alpha value is -1.57. The molecular weight excluding hydrogens is 377 g/mol. The molecule has 0 aliphatic carbocycles. The first-order valence-corrected chi connectivity index (χ1v) is 6.80. The minimum Gasteiger partial charge on any atom is -0.356 e. The van der Waals surface area contributed by atoms with E-state index in [0.717, 1.165) is 31.0 Å². The third-order valence-corrected chi connectivity index (χ3v) is 3.03. The van der Waals surface area contributed by atoms with E-state index in [4.69, 9.17) is 0 Å². The lowest BCUT2D eigenvalue weighted by Gasteiger charge is -2.10. The van der Waals surface area contributed by atoms with Gasteiger partial charge in [0.2, 0.25) is 0 Å². The molecule has 0 atom stereocenters. The van der Waals surface area contributed by atoms with E-state index in [-0.39, 0.29) is 24.0 Å². The molecule has 0 aliphatic rings. The second-order valence-electron chi connectivity index (χ2n) is 4.45. The van der Waals surface area contributed by atoms with Gasteiger partial charge in [0.05, 0.1) is 17.4 Å². The molecule has 0 saturated carbocycles. The maximum absolute atomic E-state index is 4.38. The van der Waals surface area contributed by atoms with Crippen molar-refractivity contribution < 1.29 is 0 Å². The van der Waals surface area contributed by atoms with Crippen LogP contribution in [0.2, 0.25) is 0 Å². The van der Waals surface area contributed by atoms with Crippen LogP contribution in [0.4, 0.5) is 0 Å². The molecule has 0 radical (unpaired) electrons. The topological polar surface area (TPSA) is 54.2 Å². The zero-order valence-electron chi connectivity index (χ0n) is 12.2. The number of para-hydroxylation sites is 2. The number of imidazole rings is 1. The standard InChI is InChI=1S/C15H21N5.HI/c1-3-9-17-15(16-2)18-10-6-11-20-12-19-13-7-4-5-8-14(13)20;/h3-5,7-8,12H,1,6,9-11H2,2H3,(H2,16,17,18);1H. The Labute approximate surface area is 142 Å². The summed E-state index contributed by atoms with van der Waals surface area (Å²) in [6.45, 7) is 6.19. The molecule has 114 valence electrons. The van der Waals surface area contributed by atoms with Crippen LogP contribution in [0, 0.1) is 0 Å². The van der Waals surface area contributed by atoms with Crippen LogP contribution in [0.3, 0.4) is 0 Å². The molecule has 2 aromatic rings. The van der Waals surface area contributed by atoms with Gasteiger partial charge in [-0.15, -0.1) is 30.6 Å². The maximum Gasteiger partial charge on any atom is 0.191 e. The summed E-state index contributed by atoms with van der Waals surface area (Å²) >= 11 is 0. The fourth-order valence-corrected chi connectivity index (χ4v) is 2.03. The number of aryl methyl sites for hydroxylation is 1. The Balaban J connectivity index is 0.00000220. The Morgan fingerprint density at radius 2 is 2.19 bits per heavy atom. The number of hydrogen-bond donors (Lipinski definition) is 2. The number of hydrogen-bond acceptors (Lipinski definition) is 2. The van der Waals surface area contributed by atoms with Crippen LogP contribution >= 0.6 is 24.0 Å². The van der Waals surface area contributed by atoms with Crippen LogP contribution in [0.15, 0.2) is 48.2 Å². The van der Waals surface area contributed by atoms with Crippen molar-refractivity contribution in [3.05, 3.63) is 43.2 Å². The number of nitrogens with one attached hydrogen (secondary N) is 2. The molecule has 0 aliphatic heterocycles. The van der Waals surface area contributed by atoms with Gasteiger partial charge in [-0.25, -0.2) is 4.98 Å². The molecule has 0 amide bonds. The van der Waals surface area contributed by atoms with E-state index in [9.17, 15) is 0 Å². The highest BCUT2D eigenvalue weighted by molar-refractivity contribution is 14.0. The van der Waals surface area contributed by atoms with E-state index in [0.29, 0.717) is 6.54 Å². The number of nitrogens with zero attached hydrogens (tertiary/aromatic N) is 3. The number of aromatic nitrogens is 2. The molecule has 6 heteroatoms. The molecule has 21 heavy (non-hydrogen) atoms. The van der Waals surface area contributed by atoms with Crippen LogP contribution < -0.4 is 10.6 Å². The molecule has 0 unspecified atom stereocenters. The second-order valence-corrected chi connectivity index (χ2v) is 4.45. The quantitative estimate of drug-likeness (QED) is 0.258. The Morgan fingerprint density at radius 1 is 1.38 bits per heavy atom. The largest absolute Gasteiger partial charge is 0.356 e. The fraction of sp³-hybridized carbons (Fsp3) is 0.333. The summed E-state index contributed by atoms with van der Waals surface area (Å²) < 4.78 is 2.18. The van der Waals surface area contributed by atoms with E-state index in [1.165, 1.54) is 5.52 Å². The van der Waals surface area contributed by atoms with Gasteiger partial charge in [-0.3, -0.25) is 4.99 Å². The summed E-state index contributed by atoms with van der Waals surface area (Å²) in [6.07, 6.45) is 4.72. The molecule has 0 bridgehead atoms. The van der Waals surface area contributed by atoms with Crippen LogP contribution in [-0.4, -0.2) is 35.6 Å². The van der Waals surface area contributed by atoms with Gasteiger partial charge in [-0.2, -0.15) is 0 Å².